The molecule has 0 aromatic heterocycles. The molecule has 0 heterocycles. The Morgan fingerprint density at radius 2 is 1.42 bits per heavy atom. The molecule has 3 rings (SSSR count). The lowest BCUT2D eigenvalue weighted by atomic mass is 10.1. The van der Waals surface area contributed by atoms with Crippen molar-refractivity contribution >= 4 is 68.0 Å². The fourth-order valence-corrected chi connectivity index (χ4v) is 4.61. The number of primary amides is 1. The lowest BCUT2D eigenvalue weighted by Crippen LogP contribution is -2.15. The third-order valence-electron chi connectivity index (χ3n) is 4.07. The van der Waals surface area contributed by atoms with Crippen LogP contribution in [-0.4, -0.2) is 20.2 Å². The van der Waals surface area contributed by atoms with Gasteiger partial charge in [-0.1, -0.05) is 34.8 Å². The number of hydrogen-bond acceptors (Lipinski definition) is 4. The molecule has 2 amide bonds. The van der Waals surface area contributed by atoms with Gasteiger partial charge in [0.05, 0.1) is 15.6 Å². The van der Waals surface area contributed by atoms with Crippen molar-refractivity contribution in [1.82, 2.24) is 0 Å². The number of carbonyl (C=O) groups is 2. The van der Waals surface area contributed by atoms with Gasteiger partial charge in [-0.25, -0.2) is 8.42 Å². The molecule has 0 bridgehead atoms. The second kappa shape index (κ2) is 9.15. The largest absolute Gasteiger partial charge is 0.366 e. The highest BCUT2D eigenvalue weighted by Crippen LogP contribution is 2.27. The van der Waals surface area contributed by atoms with Gasteiger partial charge in [0.15, 0.2) is 0 Å². The van der Waals surface area contributed by atoms with E-state index >= 15 is 0 Å². The average molecular weight is 499 g/mol. The molecule has 0 unspecified atom stereocenters. The van der Waals surface area contributed by atoms with E-state index in [0.717, 1.165) is 0 Å². The molecule has 3 aromatic carbocycles. The van der Waals surface area contributed by atoms with Gasteiger partial charge in [0.1, 0.15) is 4.90 Å². The van der Waals surface area contributed by atoms with Gasteiger partial charge in [-0.05, 0) is 60.7 Å². The molecule has 7 nitrogen and oxygen atoms in total. The molecule has 0 radical (unpaired) electrons. The minimum Gasteiger partial charge on any atom is -0.366 e. The minimum atomic E-state index is -3.99. The molecular formula is C20H14Cl3N3O4S. The van der Waals surface area contributed by atoms with Crippen LogP contribution in [0.15, 0.2) is 65.6 Å². The Morgan fingerprint density at radius 3 is 2.06 bits per heavy atom. The van der Waals surface area contributed by atoms with Crippen molar-refractivity contribution in [3.05, 3.63) is 86.9 Å². The third kappa shape index (κ3) is 5.48. The van der Waals surface area contributed by atoms with Crippen molar-refractivity contribution in [2.45, 2.75) is 4.90 Å². The van der Waals surface area contributed by atoms with Crippen molar-refractivity contribution < 1.29 is 18.0 Å². The van der Waals surface area contributed by atoms with Crippen LogP contribution in [0.5, 0.6) is 0 Å². The van der Waals surface area contributed by atoms with Gasteiger partial charge in [-0.2, -0.15) is 0 Å². The maximum atomic E-state index is 12.6. The Labute approximate surface area is 193 Å². The smallest absolute Gasteiger partial charge is 0.263 e. The van der Waals surface area contributed by atoms with Gasteiger partial charge < -0.3 is 11.1 Å². The van der Waals surface area contributed by atoms with E-state index in [1.807, 2.05) is 0 Å². The Hall–Kier alpha value is -2.78. The standard InChI is InChI=1S/C20H14Cl3N3O4S/c21-12-3-7-17(23)18(9-12)31(29,30)26-13-4-1-11(2-5-13)20(28)25-14-6-8-16(22)15(10-14)19(24)27/h1-10,26H,(H2,24,27)(H,25,28). The van der Waals surface area contributed by atoms with Crippen LogP contribution in [0, 0.1) is 0 Å². The molecule has 0 spiro atoms. The quantitative estimate of drug-likeness (QED) is 0.452. The van der Waals surface area contributed by atoms with Crippen molar-refractivity contribution in [2.75, 3.05) is 10.0 Å². The lowest BCUT2D eigenvalue weighted by molar-refractivity contribution is 0.0996. The first kappa shape index (κ1) is 22.9. The number of nitrogens with two attached hydrogens (primary N) is 1. The molecule has 0 saturated carbocycles. The molecule has 0 fully saturated rings. The summed E-state index contributed by atoms with van der Waals surface area (Å²) in [6.45, 7) is 0. The van der Waals surface area contributed by atoms with Crippen LogP contribution in [0.1, 0.15) is 20.7 Å². The van der Waals surface area contributed by atoms with Gasteiger partial charge in [0.2, 0.25) is 5.91 Å². The highest BCUT2D eigenvalue weighted by Gasteiger charge is 2.19. The highest BCUT2D eigenvalue weighted by atomic mass is 35.5. The van der Waals surface area contributed by atoms with Crippen LogP contribution in [0.25, 0.3) is 0 Å². The first-order valence-electron chi connectivity index (χ1n) is 8.55. The van der Waals surface area contributed by atoms with Crippen LogP contribution in [0.4, 0.5) is 11.4 Å². The van der Waals surface area contributed by atoms with Crippen LogP contribution in [0.3, 0.4) is 0 Å². The molecule has 0 saturated heterocycles. The number of sulfonamides is 1. The fourth-order valence-electron chi connectivity index (χ4n) is 2.58. The van der Waals surface area contributed by atoms with Crippen molar-refractivity contribution in [1.29, 1.82) is 0 Å². The van der Waals surface area contributed by atoms with Crippen LogP contribution in [0.2, 0.25) is 15.1 Å². The van der Waals surface area contributed by atoms with E-state index < -0.39 is 21.8 Å². The van der Waals surface area contributed by atoms with Crippen LogP contribution in [-0.2, 0) is 10.0 Å². The Kier molecular flexibility index (Phi) is 6.76. The average Bonchev–Trinajstić information content (AvgIpc) is 2.71. The summed E-state index contributed by atoms with van der Waals surface area (Å²) in [6, 6.07) is 14.1. The number of anilines is 2. The fraction of sp³-hybridized carbons (Fsp3) is 0. The highest BCUT2D eigenvalue weighted by molar-refractivity contribution is 7.92. The molecule has 0 aliphatic carbocycles. The number of halogens is 3. The van der Waals surface area contributed by atoms with Crippen molar-refractivity contribution in [3.8, 4) is 0 Å². The van der Waals surface area contributed by atoms with Gasteiger partial charge in [-0.3, -0.25) is 14.3 Å². The number of amides is 2. The summed E-state index contributed by atoms with van der Waals surface area (Å²) in [6.07, 6.45) is 0. The summed E-state index contributed by atoms with van der Waals surface area (Å²) < 4.78 is 27.5. The maximum absolute atomic E-state index is 12.6. The summed E-state index contributed by atoms with van der Waals surface area (Å²) >= 11 is 17.7. The number of nitrogens with one attached hydrogen (secondary N) is 2. The van der Waals surface area contributed by atoms with E-state index in [1.54, 1.807) is 0 Å². The van der Waals surface area contributed by atoms with E-state index in [9.17, 15) is 18.0 Å². The molecule has 0 aliphatic rings. The first-order valence-corrected chi connectivity index (χ1v) is 11.2. The zero-order chi connectivity index (χ0) is 22.8. The molecule has 31 heavy (non-hydrogen) atoms. The second-order valence-corrected chi connectivity index (χ2v) is 9.17. The molecular weight excluding hydrogens is 485 g/mol. The SMILES string of the molecule is NC(=O)c1cc(NC(=O)c2ccc(NS(=O)(=O)c3cc(Cl)ccc3Cl)cc2)ccc1Cl. The van der Waals surface area contributed by atoms with E-state index in [-0.39, 0.29) is 36.8 Å². The second-order valence-electron chi connectivity index (χ2n) is 6.27. The summed E-state index contributed by atoms with van der Waals surface area (Å²) in [4.78, 5) is 23.7. The Bertz CT molecular complexity index is 1280. The normalized spacial score (nSPS) is 11.1. The van der Waals surface area contributed by atoms with E-state index in [0.29, 0.717) is 5.69 Å². The van der Waals surface area contributed by atoms with Gasteiger partial charge in [-0.15, -0.1) is 0 Å². The molecule has 3 aromatic rings. The predicted molar refractivity (Wildman–Crippen MR) is 122 cm³/mol. The van der Waals surface area contributed by atoms with Crippen LogP contribution >= 0.6 is 34.8 Å². The zero-order valence-corrected chi connectivity index (χ0v) is 18.6. The molecule has 4 N–H and O–H groups in total. The summed E-state index contributed by atoms with van der Waals surface area (Å²) in [5.74, 6) is -1.21. The molecule has 0 aliphatic heterocycles. The maximum Gasteiger partial charge on any atom is 0.263 e. The van der Waals surface area contributed by atoms with Crippen molar-refractivity contribution in [3.63, 3.8) is 0 Å². The van der Waals surface area contributed by atoms with E-state index in [4.69, 9.17) is 40.5 Å². The minimum absolute atomic E-state index is 0.0196. The zero-order valence-electron chi connectivity index (χ0n) is 15.5. The number of carbonyl (C=O) groups excluding carboxylic acids is 2. The Balaban J connectivity index is 1.75. The molecule has 160 valence electrons. The molecule has 11 heteroatoms. The van der Waals surface area contributed by atoms with Gasteiger partial charge in [0.25, 0.3) is 15.9 Å². The first-order chi connectivity index (χ1) is 14.6. The third-order valence-corrected chi connectivity index (χ3v) is 6.50. The summed E-state index contributed by atoms with van der Waals surface area (Å²) in [7, 11) is -3.99. The van der Waals surface area contributed by atoms with Gasteiger partial charge >= 0.3 is 0 Å². The van der Waals surface area contributed by atoms with Gasteiger partial charge in [0, 0.05) is 22.0 Å². The number of rotatable bonds is 6. The molecule has 0 atom stereocenters. The number of benzene rings is 3. The van der Waals surface area contributed by atoms with Crippen LogP contribution < -0.4 is 15.8 Å². The lowest BCUT2D eigenvalue weighted by Gasteiger charge is -2.11. The van der Waals surface area contributed by atoms with E-state index in [1.165, 1.54) is 60.7 Å². The topological polar surface area (TPSA) is 118 Å². The van der Waals surface area contributed by atoms with E-state index in [2.05, 4.69) is 10.0 Å². The Morgan fingerprint density at radius 1 is 0.806 bits per heavy atom. The summed E-state index contributed by atoms with van der Waals surface area (Å²) in [5.41, 5.74) is 6.11. The predicted octanol–water partition coefficient (Wildman–Crippen LogP) is 4.80. The number of hydrogen-bond donors (Lipinski definition) is 3. The van der Waals surface area contributed by atoms with Crippen molar-refractivity contribution in [2.24, 2.45) is 5.73 Å². The monoisotopic (exact) mass is 497 g/mol. The summed E-state index contributed by atoms with van der Waals surface area (Å²) in [5, 5.41) is 3.02.